The van der Waals surface area contributed by atoms with E-state index in [1.807, 2.05) is 0 Å². The second-order valence-electron chi connectivity index (χ2n) is 14.8. The Balaban J connectivity index is 1.10. The molecule has 0 fully saturated rings. The van der Waals surface area contributed by atoms with E-state index in [1.165, 1.54) is 43.7 Å². The van der Waals surface area contributed by atoms with Crippen LogP contribution in [0.2, 0.25) is 0 Å². The summed E-state index contributed by atoms with van der Waals surface area (Å²) in [5, 5.41) is 5.95. The lowest BCUT2D eigenvalue weighted by molar-refractivity contribution is 1.18. The van der Waals surface area contributed by atoms with Crippen LogP contribution < -0.4 is 4.90 Å². The van der Waals surface area contributed by atoms with E-state index in [2.05, 4.69) is 234 Å². The normalized spacial score (nSPS) is 11.4. The van der Waals surface area contributed by atoms with E-state index in [9.17, 15) is 0 Å². The molecule has 0 atom stereocenters. The van der Waals surface area contributed by atoms with Gasteiger partial charge in [0, 0.05) is 49.9 Å². The van der Waals surface area contributed by atoms with Crippen molar-refractivity contribution < 1.29 is 0 Å². The van der Waals surface area contributed by atoms with Crippen LogP contribution in [0.4, 0.5) is 17.1 Å². The van der Waals surface area contributed by atoms with E-state index in [1.54, 1.807) is 0 Å². The second-order valence-corrected chi connectivity index (χ2v) is 14.8. The molecule has 0 aliphatic rings. The molecular formula is C55H37N3. The van der Waals surface area contributed by atoms with Gasteiger partial charge in [-0.1, -0.05) is 158 Å². The van der Waals surface area contributed by atoms with Crippen molar-refractivity contribution in [3.63, 3.8) is 0 Å². The lowest BCUT2D eigenvalue weighted by Crippen LogP contribution is -2.10. The number of hydrogen-bond donors (Lipinski definition) is 0. The Kier molecular flexibility index (Phi) is 8.15. The zero-order valence-electron chi connectivity index (χ0n) is 31.7. The number of hydrogen-bond acceptors (Lipinski definition) is 2. The predicted molar refractivity (Wildman–Crippen MR) is 245 cm³/mol. The van der Waals surface area contributed by atoms with Crippen molar-refractivity contribution in [2.45, 2.75) is 0 Å². The topological polar surface area (TPSA) is 21.1 Å². The smallest absolute Gasteiger partial charge is 0.0794 e. The summed E-state index contributed by atoms with van der Waals surface area (Å²) in [4.78, 5) is 7.70. The first-order valence-corrected chi connectivity index (χ1v) is 19.8. The molecule has 272 valence electrons. The Labute approximate surface area is 337 Å². The van der Waals surface area contributed by atoms with Gasteiger partial charge >= 0.3 is 0 Å². The van der Waals surface area contributed by atoms with Gasteiger partial charge in [0.25, 0.3) is 0 Å². The molecule has 0 aliphatic carbocycles. The summed E-state index contributed by atoms with van der Waals surface area (Å²) in [6.45, 7) is 0. The van der Waals surface area contributed by atoms with Gasteiger partial charge in [0.05, 0.1) is 22.2 Å². The van der Waals surface area contributed by atoms with Crippen LogP contribution in [-0.4, -0.2) is 9.55 Å². The van der Waals surface area contributed by atoms with E-state index in [-0.39, 0.29) is 0 Å². The summed E-state index contributed by atoms with van der Waals surface area (Å²) in [6, 6.07) is 80.5. The molecule has 58 heavy (non-hydrogen) atoms. The van der Waals surface area contributed by atoms with Crippen molar-refractivity contribution in [3.8, 4) is 39.2 Å². The van der Waals surface area contributed by atoms with Crippen LogP contribution in [0.15, 0.2) is 224 Å². The summed E-state index contributed by atoms with van der Waals surface area (Å²) < 4.78 is 2.37. The fourth-order valence-electron chi connectivity index (χ4n) is 8.70. The first-order valence-electron chi connectivity index (χ1n) is 19.8. The highest BCUT2D eigenvalue weighted by molar-refractivity contribution is 6.12. The molecule has 0 unspecified atom stereocenters. The molecule has 0 N–H and O–H groups in total. The van der Waals surface area contributed by atoms with E-state index in [0.717, 1.165) is 56.0 Å². The largest absolute Gasteiger partial charge is 0.310 e. The summed E-state index contributed by atoms with van der Waals surface area (Å²) >= 11 is 0. The monoisotopic (exact) mass is 739 g/mol. The fraction of sp³-hybridized carbons (Fsp3) is 0. The van der Waals surface area contributed by atoms with Crippen LogP contribution in [0.5, 0.6) is 0 Å². The van der Waals surface area contributed by atoms with Crippen molar-refractivity contribution >= 4 is 60.5 Å². The molecule has 3 nitrogen and oxygen atoms in total. The van der Waals surface area contributed by atoms with Crippen LogP contribution in [0.25, 0.3) is 82.7 Å². The standard InChI is InChI=1S/C55H37N3/c1-3-16-38(17-4-1)39-30-32-42(33-31-39)57(44-34-35-54-51(37-44)48-25-12-14-29-53(48)58(54)41-19-5-2-6-20-41)43-21-15-18-40(36-43)45-22-7-9-26-49(45)55-50-27-10-8-23-46(50)47-24-11-13-28-52(47)56-55/h1-37H. The summed E-state index contributed by atoms with van der Waals surface area (Å²) in [5.41, 5.74) is 14.5. The molecule has 11 aromatic rings. The number of aromatic nitrogens is 2. The lowest BCUT2D eigenvalue weighted by atomic mass is 9.93. The van der Waals surface area contributed by atoms with Crippen LogP contribution in [-0.2, 0) is 0 Å². The van der Waals surface area contributed by atoms with Gasteiger partial charge < -0.3 is 9.47 Å². The van der Waals surface area contributed by atoms with Crippen molar-refractivity contribution in [2.75, 3.05) is 4.90 Å². The van der Waals surface area contributed by atoms with E-state index in [4.69, 9.17) is 4.98 Å². The Morgan fingerprint density at radius 1 is 0.328 bits per heavy atom. The first-order chi connectivity index (χ1) is 28.8. The molecule has 9 aromatic carbocycles. The highest BCUT2D eigenvalue weighted by atomic mass is 15.1. The summed E-state index contributed by atoms with van der Waals surface area (Å²) in [7, 11) is 0. The maximum Gasteiger partial charge on any atom is 0.0794 e. The van der Waals surface area contributed by atoms with E-state index < -0.39 is 0 Å². The third kappa shape index (κ3) is 5.72. The van der Waals surface area contributed by atoms with Gasteiger partial charge in [0.1, 0.15) is 0 Å². The van der Waals surface area contributed by atoms with Crippen molar-refractivity contribution in [1.82, 2.24) is 9.55 Å². The minimum atomic E-state index is 0.990. The Morgan fingerprint density at radius 2 is 0.897 bits per heavy atom. The minimum Gasteiger partial charge on any atom is -0.310 e. The number of benzene rings is 9. The van der Waals surface area contributed by atoms with Gasteiger partial charge in [0.15, 0.2) is 0 Å². The Bertz CT molecular complexity index is 3270. The summed E-state index contributed by atoms with van der Waals surface area (Å²) in [6.07, 6.45) is 0. The lowest BCUT2D eigenvalue weighted by Gasteiger charge is -2.27. The van der Waals surface area contributed by atoms with Gasteiger partial charge in [-0.2, -0.15) is 0 Å². The molecule has 11 rings (SSSR count). The molecular weight excluding hydrogens is 703 g/mol. The number of pyridine rings is 1. The number of fused-ring (bicyclic) bond motifs is 6. The zero-order chi connectivity index (χ0) is 38.4. The fourth-order valence-corrected chi connectivity index (χ4v) is 8.70. The third-order valence-corrected chi connectivity index (χ3v) is 11.4. The maximum atomic E-state index is 5.31. The Morgan fingerprint density at radius 3 is 1.71 bits per heavy atom. The molecule has 0 spiro atoms. The highest BCUT2D eigenvalue weighted by Crippen LogP contribution is 2.43. The number of anilines is 3. The molecule has 2 aromatic heterocycles. The number of rotatable bonds is 7. The van der Waals surface area contributed by atoms with Crippen LogP contribution >= 0.6 is 0 Å². The molecule has 0 saturated heterocycles. The predicted octanol–water partition coefficient (Wildman–Crippen LogP) is 15.0. The maximum absolute atomic E-state index is 5.31. The van der Waals surface area contributed by atoms with Gasteiger partial charge in [-0.25, -0.2) is 4.98 Å². The second kappa shape index (κ2) is 14.1. The van der Waals surface area contributed by atoms with Crippen molar-refractivity contribution in [1.29, 1.82) is 0 Å². The van der Waals surface area contributed by atoms with Crippen LogP contribution in [0.3, 0.4) is 0 Å². The molecule has 0 aliphatic heterocycles. The number of nitrogens with zero attached hydrogens (tertiary/aromatic N) is 3. The molecule has 3 heteroatoms. The molecule has 0 saturated carbocycles. The number of para-hydroxylation sites is 3. The average Bonchev–Trinajstić information content (AvgIpc) is 3.63. The van der Waals surface area contributed by atoms with Crippen LogP contribution in [0, 0.1) is 0 Å². The van der Waals surface area contributed by atoms with Gasteiger partial charge in [0.2, 0.25) is 0 Å². The van der Waals surface area contributed by atoms with E-state index >= 15 is 0 Å². The average molecular weight is 740 g/mol. The van der Waals surface area contributed by atoms with Gasteiger partial charge in [-0.15, -0.1) is 0 Å². The van der Waals surface area contributed by atoms with Crippen LogP contribution in [0.1, 0.15) is 0 Å². The highest BCUT2D eigenvalue weighted by Gasteiger charge is 2.20. The molecule has 0 amide bonds. The third-order valence-electron chi connectivity index (χ3n) is 11.4. The zero-order valence-corrected chi connectivity index (χ0v) is 31.7. The molecule has 0 bridgehead atoms. The van der Waals surface area contributed by atoms with Gasteiger partial charge in [-0.3, -0.25) is 0 Å². The minimum absolute atomic E-state index is 0.990. The first kappa shape index (κ1) is 33.6. The Hall–Kier alpha value is -7.75. The quantitative estimate of drug-likeness (QED) is 0.152. The van der Waals surface area contributed by atoms with Crippen molar-refractivity contribution in [2.24, 2.45) is 0 Å². The molecule has 2 heterocycles. The SMILES string of the molecule is c1ccc(-c2ccc(N(c3cccc(-c4ccccc4-c4nc5ccccc5c5ccccc45)c3)c3ccc4c(c3)c3ccccc3n4-c3ccccc3)cc2)cc1. The van der Waals surface area contributed by atoms with Gasteiger partial charge in [-0.05, 0) is 94.4 Å². The van der Waals surface area contributed by atoms with E-state index in [0.29, 0.717) is 0 Å². The summed E-state index contributed by atoms with van der Waals surface area (Å²) in [5.74, 6) is 0. The van der Waals surface area contributed by atoms with Crippen molar-refractivity contribution in [3.05, 3.63) is 224 Å². The molecule has 0 radical (unpaired) electrons.